The van der Waals surface area contributed by atoms with Gasteiger partial charge >= 0.3 is 0 Å². The van der Waals surface area contributed by atoms with Gasteiger partial charge in [0, 0.05) is 10.9 Å². The summed E-state index contributed by atoms with van der Waals surface area (Å²) in [6, 6.07) is 15.3. The van der Waals surface area contributed by atoms with Crippen molar-refractivity contribution in [2.75, 3.05) is 7.11 Å². The Hall–Kier alpha value is -1.49. The lowest BCUT2D eigenvalue weighted by Crippen LogP contribution is -1.99. The van der Waals surface area contributed by atoms with Crippen LogP contribution in [0.25, 0.3) is 16.9 Å². The molecule has 3 nitrogen and oxygen atoms in total. The van der Waals surface area contributed by atoms with Gasteiger partial charge in [-0.05, 0) is 42.5 Å². The third-order valence-electron chi connectivity index (χ3n) is 3.43. The minimum atomic E-state index is 0.520. The van der Waals surface area contributed by atoms with Crippen molar-refractivity contribution >= 4 is 39.1 Å². The first-order chi connectivity index (χ1) is 11.1. The Morgan fingerprint density at radius 1 is 1.04 bits per heavy atom. The molecule has 0 unspecified atom stereocenters. The molecular formula is C17H13BrCl2N2O. The van der Waals surface area contributed by atoms with E-state index in [1.54, 1.807) is 13.2 Å². The van der Waals surface area contributed by atoms with Crippen LogP contribution >= 0.6 is 39.1 Å². The lowest BCUT2D eigenvalue weighted by molar-refractivity contribution is 0.414. The van der Waals surface area contributed by atoms with Gasteiger partial charge in [0.15, 0.2) is 0 Å². The number of hydrogen-bond acceptors (Lipinski definition) is 2. The van der Waals surface area contributed by atoms with Crippen molar-refractivity contribution in [2.45, 2.75) is 5.33 Å². The van der Waals surface area contributed by atoms with Gasteiger partial charge in [0.05, 0.1) is 34.2 Å². The molecule has 0 aliphatic heterocycles. The van der Waals surface area contributed by atoms with Crippen molar-refractivity contribution in [1.29, 1.82) is 0 Å². The first kappa shape index (κ1) is 16.4. The molecule has 118 valence electrons. The molecule has 0 spiro atoms. The van der Waals surface area contributed by atoms with Gasteiger partial charge in [0.2, 0.25) is 0 Å². The fraction of sp³-hybridized carbons (Fsp3) is 0.118. The number of alkyl halides is 1. The number of ether oxygens (including phenoxy) is 1. The second kappa shape index (κ2) is 6.95. The summed E-state index contributed by atoms with van der Waals surface area (Å²) < 4.78 is 7.09. The molecule has 0 aliphatic rings. The van der Waals surface area contributed by atoms with Crippen LogP contribution in [-0.4, -0.2) is 16.9 Å². The van der Waals surface area contributed by atoms with E-state index in [2.05, 4.69) is 21.0 Å². The van der Waals surface area contributed by atoms with Crippen molar-refractivity contribution in [1.82, 2.24) is 9.78 Å². The topological polar surface area (TPSA) is 27.1 Å². The van der Waals surface area contributed by atoms with Crippen molar-refractivity contribution in [3.63, 3.8) is 0 Å². The van der Waals surface area contributed by atoms with E-state index in [1.165, 1.54) is 0 Å². The number of methoxy groups -OCH3 is 1. The van der Waals surface area contributed by atoms with E-state index in [0.717, 1.165) is 28.4 Å². The molecule has 0 amide bonds. The zero-order valence-electron chi connectivity index (χ0n) is 12.3. The van der Waals surface area contributed by atoms with E-state index >= 15 is 0 Å². The van der Waals surface area contributed by atoms with E-state index in [0.29, 0.717) is 15.4 Å². The molecule has 3 rings (SSSR count). The maximum atomic E-state index is 6.15. The fourth-order valence-corrected chi connectivity index (χ4v) is 2.85. The Morgan fingerprint density at radius 2 is 1.78 bits per heavy atom. The maximum absolute atomic E-state index is 6.15. The second-order valence-corrected chi connectivity index (χ2v) is 6.27. The predicted octanol–water partition coefficient (Wildman–Crippen LogP) is 5.75. The molecule has 1 heterocycles. The number of nitrogens with zero attached hydrogens (tertiary/aromatic N) is 2. The number of hydrogen-bond donors (Lipinski definition) is 0. The Bertz CT molecular complexity index is 831. The van der Waals surface area contributed by atoms with Gasteiger partial charge in [-0.15, -0.1) is 0 Å². The van der Waals surface area contributed by atoms with Gasteiger partial charge in [-0.25, -0.2) is 4.68 Å². The molecule has 0 atom stereocenters. The second-order valence-electron chi connectivity index (χ2n) is 4.89. The predicted molar refractivity (Wildman–Crippen MR) is 98.2 cm³/mol. The third-order valence-corrected chi connectivity index (χ3v) is 4.74. The van der Waals surface area contributed by atoms with Crippen LogP contribution in [0.4, 0.5) is 0 Å². The van der Waals surface area contributed by atoms with E-state index in [1.807, 2.05) is 47.1 Å². The summed E-state index contributed by atoms with van der Waals surface area (Å²) in [5.41, 5.74) is 3.78. The standard InChI is InChI=1S/C17H13BrCl2N2O/c1-23-14-5-3-13(4-6-14)22-17(9-12(10-18)21-22)11-2-7-15(19)16(20)8-11/h2-9H,10H2,1H3. The minimum absolute atomic E-state index is 0.520. The molecule has 23 heavy (non-hydrogen) atoms. The summed E-state index contributed by atoms with van der Waals surface area (Å²) in [6.07, 6.45) is 0. The molecule has 0 saturated carbocycles. The molecule has 0 N–H and O–H groups in total. The van der Waals surface area contributed by atoms with Crippen LogP contribution in [0.1, 0.15) is 5.69 Å². The molecule has 1 aromatic heterocycles. The quantitative estimate of drug-likeness (QED) is 0.511. The van der Waals surface area contributed by atoms with E-state index in [9.17, 15) is 0 Å². The van der Waals surface area contributed by atoms with Crippen molar-refractivity contribution in [3.05, 3.63) is 64.3 Å². The molecular weight excluding hydrogens is 399 g/mol. The van der Waals surface area contributed by atoms with Gasteiger partial charge in [0.1, 0.15) is 5.75 Å². The lowest BCUT2D eigenvalue weighted by atomic mass is 10.1. The molecule has 0 saturated heterocycles. The van der Waals surface area contributed by atoms with Gasteiger partial charge in [-0.1, -0.05) is 45.2 Å². The Labute approximate surface area is 152 Å². The molecule has 2 aromatic carbocycles. The van der Waals surface area contributed by atoms with Gasteiger partial charge in [-0.3, -0.25) is 0 Å². The number of halogens is 3. The monoisotopic (exact) mass is 410 g/mol. The van der Waals surface area contributed by atoms with Crippen molar-refractivity contribution < 1.29 is 4.74 Å². The van der Waals surface area contributed by atoms with Crippen LogP contribution in [0.15, 0.2) is 48.5 Å². The maximum Gasteiger partial charge on any atom is 0.119 e. The normalized spacial score (nSPS) is 10.8. The first-order valence-corrected chi connectivity index (χ1v) is 8.75. The van der Waals surface area contributed by atoms with E-state index in [-0.39, 0.29) is 0 Å². The summed E-state index contributed by atoms with van der Waals surface area (Å²) in [7, 11) is 1.65. The van der Waals surface area contributed by atoms with Crippen LogP contribution in [0.2, 0.25) is 10.0 Å². The van der Waals surface area contributed by atoms with Gasteiger partial charge in [-0.2, -0.15) is 5.10 Å². The van der Waals surface area contributed by atoms with Crippen LogP contribution in [0, 0.1) is 0 Å². The molecule has 0 radical (unpaired) electrons. The molecule has 0 fully saturated rings. The number of rotatable bonds is 4. The average molecular weight is 412 g/mol. The molecule has 0 aliphatic carbocycles. The highest BCUT2D eigenvalue weighted by molar-refractivity contribution is 9.08. The van der Waals surface area contributed by atoms with Gasteiger partial charge in [0.25, 0.3) is 0 Å². The summed E-state index contributed by atoms with van der Waals surface area (Å²) in [5.74, 6) is 0.803. The van der Waals surface area contributed by atoms with Crippen LogP contribution in [0.3, 0.4) is 0 Å². The Balaban J connectivity index is 2.12. The third kappa shape index (κ3) is 3.39. The molecule has 3 aromatic rings. The van der Waals surface area contributed by atoms with E-state index < -0.39 is 0 Å². The smallest absolute Gasteiger partial charge is 0.119 e. The van der Waals surface area contributed by atoms with Crippen LogP contribution in [-0.2, 0) is 5.33 Å². The Kier molecular flexibility index (Phi) is 4.95. The first-order valence-electron chi connectivity index (χ1n) is 6.87. The highest BCUT2D eigenvalue weighted by Crippen LogP contribution is 2.31. The van der Waals surface area contributed by atoms with Crippen LogP contribution < -0.4 is 4.74 Å². The summed E-state index contributed by atoms with van der Waals surface area (Å²) in [4.78, 5) is 0. The highest BCUT2D eigenvalue weighted by atomic mass is 79.9. The average Bonchev–Trinajstić information content (AvgIpc) is 3.02. The zero-order chi connectivity index (χ0) is 16.4. The van der Waals surface area contributed by atoms with E-state index in [4.69, 9.17) is 27.9 Å². The zero-order valence-corrected chi connectivity index (χ0v) is 15.4. The largest absolute Gasteiger partial charge is 0.497 e. The summed E-state index contributed by atoms with van der Waals surface area (Å²) in [6.45, 7) is 0. The number of aromatic nitrogens is 2. The van der Waals surface area contributed by atoms with Gasteiger partial charge < -0.3 is 4.74 Å². The van der Waals surface area contributed by atoms with Crippen LogP contribution in [0.5, 0.6) is 5.75 Å². The number of benzene rings is 2. The summed E-state index contributed by atoms with van der Waals surface area (Å²) >= 11 is 15.6. The highest BCUT2D eigenvalue weighted by Gasteiger charge is 2.12. The van der Waals surface area contributed by atoms with Crippen molar-refractivity contribution in [2.24, 2.45) is 0 Å². The lowest BCUT2D eigenvalue weighted by Gasteiger charge is -2.09. The fourth-order valence-electron chi connectivity index (χ4n) is 2.28. The summed E-state index contributed by atoms with van der Waals surface area (Å²) in [5, 5.41) is 6.36. The minimum Gasteiger partial charge on any atom is -0.497 e. The molecule has 6 heteroatoms. The van der Waals surface area contributed by atoms with Crippen molar-refractivity contribution in [3.8, 4) is 22.7 Å². The SMILES string of the molecule is COc1ccc(-n2nc(CBr)cc2-c2ccc(Cl)c(Cl)c2)cc1. The Morgan fingerprint density at radius 3 is 2.39 bits per heavy atom. The molecule has 0 bridgehead atoms.